The van der Waals surface area contributed by atoms with E-state index in [1.54, 1.807) is 4.90 Å². The van der Waals surface area contributed by atoms with Crippen molar-refractivity contribution < 1.29 is 14.4 Å². The molecule has 1 rings (SSSR count). The maximum atomic E-state index is 10.1. The molecule has 0 aromatic heterocycles. The van der Waals surface area contributed by atoms with Crippen LogP contribution in [0.1, 0.15) is 0 Å². The minimum atomic E-state index is -0.787. The smallest absolute Gasteiger partial charge is 0.317 e. The number of hydrogen-bond donors (Lipinski definition) is 1. The topological polar surface area (TPSA) is 49.8 Å². The standard InChI is InChI=1S/C4H8NO3P/c6-4(7)1-5-2-8-9-3-5/h9H,1-3H2,(H,6,7). The number of carboxylic acids is 1. The molecule has 0 amide bonds. The van der Waals surface area contributed by atoms with Crippen LogP contribution in [0.25, 0.3) is 0 Å². The Hall–Kier alpha value is -0.180. The average Bonchev–Trinajstić information content (AvgIpc) is 2.15. The molecule has 0 saturated carbocycles. The summed E-state index contributed by atoms with van der Waals surface area (Å²) in [6.07, 6.45) is 0.770. The zero-order chi connectivity index (χ0) is 6.69. The van der Waals surface area contributed by atoms with E-state index in [4.69, 9.17) is 9.63 Å². The summed E-state index contributed by atoms with van der Waals surface area (Å²) < 4.78 is 4.95. The van der Waals surface area contributed by atoms with Crippen molar-refractivity contribution in [3.8, 4) is 0 Å². The van der Waals surface area contributed by atoms with E-state index >= 15 is 0 Å². The summed E-state index contributed by atoms with van der Waals surface area (Å²) in [5.74, 6) is -0.787. The van der Waals surface area contributed by atoms with Gasteiger partial charge in [0.1, 0.15) is 6.73 Å². The number of aliphatic carboxylic acids is 1. The van der Waals surface area contributed by atoms with E-state index in [1.807, 2.05) is 0 Å². The Morgan fingerprint density at radius 1 is 1.89 bits per heavy atom. The van der Waals surface area contributed by atoms with Gasteiger partial charge in [-0.2, -0.15) is 0 Å². The van der Waals surface area contributed by atoms with Gasteiger partial charge in [0.05, 0.1) is 6.54 Å². The molecule has 0 aliphatic carbocycles. The third kappa shape index (κ3) is 2.26. The van der Waals surface area contributed by atoms with Crippen LogP contribution in [0.4, 0.5) is 0 Å². The monoisotopic (exact) mass is 149 g/mol. The Balaban J connectivity index is 2.19. The molecule has 1 heterocycles. The van der Waals surface area contributed by atoms with Crippen LogP contribution < -0.4 is 0 Å². The molecule has 0 spiro atoms. The molecule has 0 aromatic carbocycles. The molecular formula is C4H8NO3P. The lowest BCUT2D eigenvalue weighted by Gasteiger charge is -2.06. The highest BCUT2D eigenvalue weighted by Crippen LogP contribution is 2.21. The quantitative estimate of drug-likeness (QED) is 0.557. The Bertz CT molecular complexity index is 112. The van der Waals surface area contributed by atoms with Crippen LogP contribution in [0, 0.1) is 0 Å². The zero-order valence-electron chi connectivity index (χ0n) is 4.83. The average molecular weight is 149 g/mol. The number of carbonyl (C=O) groups is 1. The van der Waals surface area contributed by atoms with Crippen molar-refractivity contribution in [1.29, 1.82) is 0 Å². The summed E-state index contributed by atoms with van der Waals surface area (Å²) >= 11 is 0. The largest absolute Gasteiger partial charge is 0.480 e. The lowest BCUT2D eigenvalue weighted by atomic mass is 10.6. The van der Waals surface area contributed by atoms with Gasteiger partial charge in [-0.05, 0) is 0 Å². The molecule has 1 atom stereocenters. The van der Waals surface area contributed by atoms with Crippen LogP contribution in [0.15, 0.2) is 0 Å². The van der Waals surface area contributed by atoms with Crippen LogP contribution in [0.3, 0.4) is 0 Å². The highest BCUT2D eigenvalue weighted by atomic mass is 31.1. The van der Waals surface area contributed by atoms with E-state index in [9.17, 15) is 4.79 Å². The van der Waals surface area contributed by atoms with Gasteiger partial charge in [-0.3, -0.25) is 9.69 Å². The molecule has 1 N–H and O–H groups in total. The Morgan fingerprint density at radius 3 is 3.11 bits per heavy atom. The first kappa shape index (κ1) is 6.93. The minimum absolute atomic E-state index is 0.104. The lowest BCUT2D eigenvalue weighted by Crippen LogP contribution is -2.26. The zero-order valence-corrected chi connectivity index (χ0v) is 5.83. The number of hydrogen-bond acceptors (Lipinski definition) is 3. The van der Waals surface area contributed by atoms with Gasteiger partial charge < -0.3 is 9.63 Å². The Kier molecular flexibility index (Phi) is 2.39. The van der Waals surface area contributed by atoms with Gasteiger partial charge in [0.2, 0.25) is 0 Å². The summed E-state index contributed by atoms with van der Waals surface area (Å²) in [5, 5.41) is 8.28. The molecule has 0 aromatic rings. The van der Waals surface area contributed by atoms with Crippen LogP contribution in [0.5, 0.6) is 0 Å². The fourth-order valence-corrected chi connectivity index (χ4v) is 1.36. The fraction of sp³-hybridized carbons (Fsp3) is 0.750. The van der Waals surface area contributed by atoms with E-state index in [0.717, 1.165) is 6.29 Å². The Morgan fingerprint density at radius 2 is 2.67 bits per heavy atom. The van der Waals surface area contributed by atoms with Crippen LogP contribution in [-0.2, 0) is 9.32 Å². The number of carboxylic acid groups (broad SMARTS) is 1. The van der Waals surface area contributed by atoms with Crippen LogP contribution in [-0.4, -0.2) is 35.5 Å². The van der Waals surface area contributed by atoms with Crippen molar-refractivity contribution in [2.45, 2.75) is 0 Å². The molecule has 1 unspecified atom stereocenters. The molecule has 5 heteroatoms. The highest BCUT2D eigenvalue weighted by molar-refractivity contribution is 7.32. The third-order valence-corrected chi connectivity index (χ3v) is 1.91. The van der Waals surface area contributed by atoms with Crippen molar-refractivity contribution in [1.82, 2.24) is 4.90 Å². The normalized spacial score (nSPS) is 23.1. The maximum absolute atomic E-state index is 10.1. The van der Waals surface area contributed by atoms with Crippen molar-refractivity contribution in [2.75, 3.05) is 19.6 Å². The maximum Gasteiger partial charge on any atom is 0.317 e. The first-order valence-electron chi connectivity index (χ1n) is 2.58. The van der Waals surface area contributed by atoms with E-state index in [0.29, 0.717) is 15.5 Å². The predicted molar refractivity (Wildman–Crippen MR) is 33.5 cm³/mol. The minimum Gasteiger partial charge on any atom is -0.480 e. The lowest BCUT2D eigenvalue weighted by molar-refractivity contribution is -0.138. The predicted octanol–water partition coefficient (Wildman–Crippen LogP) is -0.0883. The summed E-state index contributed by atoms with van der Waals surface area (Å²) in [4.78, 5) is 11.8. The second-order valence-electron chi connectivity index (χ2n) is 1.80. The van der Waals surface area contributed by atoms with E-state index < -0.39 is 5.97 Å². The number of rotatable bonds is 2. The van der Waals surface area contributed by atoms with Crippen molar-refractivity contribution >= 4 is 14.8 Å². The fourth-order valence-electron chi connectivity index (χ4n) is 0.612. The summed E-state index contributed by atoms with van der Waals surface area (Å²) in [6, 6.07) is 0. The molecule has 0 radical (unpaired) electrons. The molecule has 4 nitrogen and oxygen atoms in total. The molecule has 1 aliphatic rings. The molecule has 9 heavy (non-hydrogen) atoms. The van der Waals surface area contributed by atoms with Gasteiger partial charge in [0.25, 0.3) is 0 Å². The first-order valence-corrected chi connectivity index (χ1v) is 3.69. The van der Waals surface area contributed by atoms with Crippen molar-refractivity contribution in [3.63, 3.8) is 0 Å². The number of nitrogens with zero attached hydrogens (tertiary/aromatic N) is 1. The molecule has 52 valence electrons. The summed E-state index contributed by atoms with van der Waals surface area (Å²) in [5.41, 5.74) is 0. The van der Waals surface area contributed by atoms with E-state index in [-0.39, 0.29) is 6.54 Å². The summed E-state index contributed by atoms with van der Waals surface area (Å²) in [7, 11) is 0.451. The Labute approximate surface area is 54.7 Å². The van der Waals surface area contributed by atoms with Crippen LogP contribution >= 0.6 is 8.81 Å². The SMILES string of the molecule is O=C(O)CN1COPC1. The van der Waals surface area contributed by atoms with Crippen molar-refractivity contribution in [2.24, 2.45) is 0 Å². The molecule has 1 aliphatic heterocycles. The molecule has 1 fully saturated rings. The van der Waals surface area contributed by atoms with Gasteiger partial charge in [-0.15, -0.1) is 0 Å². The van der Waals surface area contributed by atoms with E-state index in [2.05, 4.69) is 0 Å². The summed E-state index contributed by atoms with van der Waals surface area (Å²) in [6.45, 7) is 0.581. The molecule has 0 bridgehead atoms. The van der Waals surface area contributed by atoms with Gasteiger partial charge in [-0.25, -0.2) is 0 Å². The molecule has 1 saturated heterocycles. The van der Waals surface area contributed by atoms with Gasteiger partial charge in [0, 0.05) is 15.1 Å². The van der Waals surface area contributed by atoms with E-state index in [1.165, 1.54) is 0 Å². The first-order chi connectivity index (χ1) is 4.29. The second-order valence-corrected chi connectivity index (χ2v) is 2.69. The highest BCUT2D eigenvalue weighted by Gasteiger charge is 2.14. The van der Waals surface area contributed by atoms with Crippen molar-refractivity contribution in [3.05, 3.63) is 0 Å². The van der Waals surface area contributed by atoms with Gasteiger partial charge in [-0.1, -0.05) is 0 Å². The van der Waals surface area contributed by atoms with Crippen LogP contribution in [0.2, 0.25) is 0 Å². The second kappa shape index (κ2) is 3.11. The third-order valence-electron chi connectivity index (χ3n) is 0.996. The van der Waals surface area contributed by atoms with Gasteiger partial charge in [0.15, 0.2) is 0 Å². The molecular weight excluding hydrogens is 141 g/mol. The van der Waals surface area contributed by atoms with Gasteiger partial charge >= 0.3 is 5.97 Å².